The van der Waals surface area contributed by atoms with Crippen molar-refractivity contribution in [2.24, 2.45) is 0 Å². The molecule has 154 valence electrons. The first kappa shape index (κ1) is 20.2. The summed E-state index contributed by atoms with van der Waals surface area (Å²) in [4.78, 5) is 15.3. The minimum Gasteiger partial charge on any atom is -0.457 e. The average Bonchev–Trinajstić information content (AvgIpc) is 3.13. The van der Waals surface area contributed by atoms with Crippen molar-refractivity contribution in [2.45, 2.75) is 19.0 Å². The Kier molecular flexibility index (Phi) is 5.86. The number of sulfone groups is 1. The van der Waals surface area contributed by atoms with E-state index in [0.29, 0.717) is 30.0 Å². The Hall–Kier alpha value is -3.12. The van der Waals surface area contributed by atoms with E-state index in [1.807, 2.05) is 66.7 Å². The fourth-order valence-electron chi connectivity index (χ4n) is 3.67. The number of ether oxygens (including phenoxy) is 1. The number of rotatable bonds is 6. The summed E-state index contributed by atoms with van der Waals surface area (Å²) < 4.78 is 30.2. The maximum absolute atomic E-state index is 13.6. The first-order chi connectivity index (χ1) is 14.5. The zero-order valence-electron chi connectivity index (χ0n) is 16.5. The van der Waals surface area contributed by atoms with Crippen LogP contribution in [0.2, 0.25) is 0 Å². The van der Waals surface area contributed by atoms with E-state index in [4.69, 9.17) is 4.74 Å². The SMILES string of the molecule is O=C(c1ccccc1Oc1ccccc1)N(Cc1ccccc1)[C@@H]1CCS(=O)(=O)C1. The van der Waals surface area contributed by atoms with Gasteiger partial charge in [-0.25, -0.2) is 8.42 Å². The van der Waals surface area contributed by atoms with E-state index in [-0.39, 0.29) is 23.5 Å². The lowest BCUT2D eigenvalue weighted by molar-refractivity contribution is 0.0678. The zero-order chi connectivity index (χ0) is 21.0. The lowest BCUT2D eigenvalue weighted by Gasteiger charge is -2.29. The molecule has 1 atom stereocenters. The Morgan fingerprint density at radius 3 is 2.20 bits per heavy atom. The smallest absolute Gasteiger partial charge is 0.258 e. The Balaban J connectivity index is 1.66. The van der Waals surface area contributed by atoms with Gasteiger partial charge in [-0.1, -0.05) is 60.7 Å². The summed E-state index contributed by atoms with van der Waals surface area (Å²) in [6.07, 6.45) is 0.447. The van der Waals surface area contributed by atoms with Gasteiger partial charge in [0.25, 0.3) is 5.91 Å². The number of amides is 1. The van der Waals surface area contributed by atoms with Crippen molar-refractivity contribution in [2.75, 3.05) is 11.5 Å². The fourth-order valence-corrected chi connectivity index (χ4v) is 5.40. The number of benzene rings is 3. The highest BCUT2D eigenvalue weighted by Gasteiger charge is 2.35. The maximum atomic E-state index is 13.6. The molecule has 0 bridgehead atoms. The largest absolute Gasteiger partial charge is 0.457 e. The normalized spacial score (nSPS) is 17.4. The zero-order valence-corrected chi connectivity index (χ0v) is 17.3. The molecule has 0 aromatic heterocycles. The molecule has 1 aliphatic heterocycles. The predicted octanol–water partition coefficient (Wildman–Crippen LogP) is 4.31. The van der Waals surface area contributed by atoms with Gasteiger partial charge >= 0.3 is 0 Å². The van der Waals surface area contributed by atoms with Gasteiger partial charge in [0, 0.05) is 12.6 Å². The van der Waals surface area contributed by atoms with Crippen LogP contribution in [-0.2, 0) is 16.4 Å². The van der Waals surface area contributed by atoms with Crippen LogP contribution in [0.1, 0.15) is 22.3 Å². The lowest BCUT2D eigenvalue weighted by Crippen LogP contribution is -2.40. The van der Waals surface area contributed by atoms with Crippen molar-refractivity contribution < 1.29 is 17.9 Å². The fraction of sp³-hybridized carbons (Fsp3) is 0.208. The quantitative estimate of drug-likeness (QED) is 0.595. The monoisotopic (exact) mass is 421 g/mol. The highest BCUT2D eigenvalue weighted by Crippen LogP contribution is 2.29. The van der Waals surface area contributed by atoms with Crippen LogP contribution in [0, 0.1) is 0 Å². The van der Waals surface area contributed by atoms with Crippen molar-refractivity contribution >= 4 is 15.7 Å². The van der Waals surface area contributed by atoms with E-state index in [1.54, 1.807) is 23.1 Å². The van der Waals surface area contributed by atoms with Crippen LogP contribution < -0.4 is 4.74 Å². The molecule has 0 aliphatic carbocycles. The summed E-state index contributed by atoms with van der Waals surface area (Å²) in [5.41, 5.74) is 1.37. The standard InChI is InChI=1S/C24H23NO4S/c26-24(22-13-7-8-14-23(22)29-21-11-5-2-6-12-21)25(17-19-9-3-1-4-10-19)20-15-16-30(27,28)18-20/h1-14,20H,15-18H2/t20-/m1/s1. The lowest BCUT2D eigenvalue weighted by atomic mass is 10.1. The number of para-hydroxylation sites is 2. The second-order valence-electron chi connectivity index (χ2n) is 7.39. The Labute approximate surface area is 176 Å². The molecule has 3 aromatic carbocycles. The van der Waals surface area contributed by atoms with Crippen LogP contribution >= 0.6 is 0 Å². The molecule has 0 radical (unpaired) electrons. The summed E-state index contributed by atoms with van der Waals surface area (Å²) >= 11 is 0. The van der Waals surface area contributed by atoms with Crippen molar-refractivity contribution in [3.05, 3.63) is 96.1 Å². The second-order valence-corrected chi connectivity index (χ2v) is 9.62. The van der Waals surface area contributed by atoms with Gasteiger partial charge in [0.05, 0.1) is 17.1 Å². The molecular formula is C24H23NO4S. The van der Waals surface area contributed by atoms with Gasteiger partial charge < -0.3 is 9.64 Å². The minimum atomic E-state index is -3.13. The summed E-state index contributed by atoms with van der Waals surface area (Å²) in [7, 11) is -3.13. The Morgan fingerprint density at radius 2 is 1.53 bits per heavy atom. The van der Waals surface area contributed by atoms with Crippen LogP contribution in [0.5, 0.6) is 11.5 Å². The number of hydrogen-bond donors (Lipinski definition) is 0. The van der Waals surface area contributed by atoms with Crippen LogP contribution in [-0.4, -0.2) is 36.8 Å². The van der Waals surface area contributed by atoms with Gasteiger partial charge in [-0.15, -0.1) is 0 Å². The molecule has 1 fully saturated rings. The van der Waals surface area contributed by atoms with Gasteiger partial charge in [0.2, 0.25) is 0 Å². The maximum Gasteiger partial charge on any atom is 0.258 e. The van der Waals surface area contributed by atoms with E-state index in [9.17, 15) is 13.2 Å². The van der Waals surface area contributed by atoms with Gasteiger partial charge in [-0.05, 0) is 36.2 Å². The first-order valence-electron chi connectivity index (χ1n) is 9.89. The molecule has 1 saturated heterocycles. The van der Waals surface area contributed by atoms with Crippen LogP contribution in [0.3, 0.4) is 0 Å². The van der Waals surface area contributed by atoms with E-state index < -0.39 is 9.84 Å². The molecule has 1 heterocycles. The average molecular weight is 422 g/mol. The van der Waals surface area contributed by atoms with E-state index in [2.05, 4.69) is 0 Å². The number of hydrogen-bond acceptors (Lipinski definition) is 4. The van der Waals surface area contributed by atoms with Crippen LogP contribution in [0.25, 0.3) is 0 Å². The summed E-state index contributed by atoms with van der Waals surface area (Å²) in [6, 6.07) is 25.6. The third-order valence-electron chi connectivity index (χ3n) is 5.19. The summed E-state index contributed by atoms with van der Waals surface area (Å²) in [5, 5.41) is 0. The molecule has 0 N–H and O–H groups in total. The molecule has 30 heavy (non-hydrogen) atoms. The Morgan fingerprint density at radius 1 is 0.900 bits per heavy atom. The third-order valence-corrected chi connectivity index (χ3v) is 6.94. The van der Waals surface area contributed by atoms with Crippen molar-refractivity contribution in [3.63, 3.8) is 0 Å². The molecule has 1 aliphatic rings. The molecule has 0 unspecified atom stereocenters. The molecule has 5 nitrogen and oxygen atoms in total. The van der Waals surface area contributed by atoms with E-state index in [1.165, 1.54) is 0 Å². The summed E-state index contributed by atoms with van der Waals surface area (Å²) in [6.45, 7) is 0.347. The van der Waals surface area contributed by atoms with Gasteiger partial charge in [0.1, 0.15) is 11.5 Å². The van der Waals surface area contributed by atoms with Crippen molar-refractivity contribution in [3.8, 4) is 11.5 Å². The topological polar surface area (TPSA) is 63.7 Å². The molecule has 0 saturated carbocycles. The number of carbonyl (C=O) groups is 1. The molecule has 1 amide bonds. The second kappa shape index (κ2) is 8.71. The van der Waals surface area contributed by atoms with Crippen molar-refractivity contribution in [1.82, 2.24) is 4.90 Å². The highest BCUT2D eigenvalue weighted by atomic mass is 32.2. The van der Waals surface area contributed by atoms with Gasteiger partial charge in [0.15, 0.2) is 9.84 Å². The van der Waals surface area contributed by atoms with Crippen molar-refractivity contribution in [1.29, 1.82) is 0 Å². The molecule has 3 aromatic rings. The van der Waals surface area contributed by atoms with Crippen LogP contribution in [0.15, 0.2) is 84.9 Å². The third kappa shape index (κ3) is 4.71. The minimum absolute atomic E-state index is 0.00666. The van der Waals surface area contributed by atoms with Crippen LogP contribution in [0.4, 0.5) is 0 Å². The number of nitrogens with zero attached hydrogens (tertiary/aromatic N) is 1. The number of carbonyl (C=O) groups excluding carboxylic acids is 1. The van der Waals surface area contributed by atoms with Gasteiger partial charge in [-0.2, -0.15) is 0 Å². The van der Waals surface area contributed by atoms with E-state index >= 15 is 0 Å². The first-order valence-corrected chi connectivity index (χ1v) is 11.7. The van der Waals surface area contributed by atoms with Gasteiger partial charge in [-0.3, -0.25) is 4.79 Å². The summed E-state index contributed by atoms with van der Waals surface area (Å²) in [5.74, 6) is 0.960. The molecule has 4 rings (SSSR count). The Bertz CT molecular complexity index is 1110. The molecule has 6 heteroatoms. The molecule has 0 spiro atoms. The van der Waals surface area contributed by atoms with E-state index in [0.717, 1.165) is 5.56 Å². The highest BCUT2D eigenvalue weighted by molar-refractivity contribution is 7.91. The molecular weight excluding hydrogens is 398 g/mol. The predicted molar refractivity (Wildman–Crippen MR) is 116 cm³/mol.